The third kappa shape index (κ3) is 5.28. The number of carbonyl (C=O) groups is 1. The van der Waals surface area contributed by atoms with E-state index in [1.807, 2.05) is 13.8 Å². The summed E-state index contributed by atoms with van der Waals surface area (Å²) in [6, 6.07) is 4.26. The lowest BCUT2D eigenvalue weighted by Gasteiger charge is -2.26. The average molecular weight is 332 g/mol. The van der Waals surface area contributed by atoms with Gasteiger partial charge in [-0.1, -0.05) is 13.8 Å². The highest BCUT2D eigenvalue weighted by atomic mass is 79.9. The van der Waals surface area contributed by atoms with Crippen LogP contribution >= 0.6 is 15.9 Å². The minimum Gasteiger partial charge on any atom is -0.393 e. The fourth-order valence-corrected chi connectivity index (χ4v) is 2.18. The van der Waals surface area contributed by atoms with Gasteiger partial charge in [-0.25, -0.2) is 4.39 Å². The van der Waals surface area contributed by atoms with Gasteiger partial charge in [-0.3, -0.25) is 4.79 Å². The molecule has 0 aliphatic carbocycles. The lowest BCUT2D eigenvalue weighted by molar-refractivity contribution is 0.0901. The van der Waals surface area contributed by atoms with Crippen molar-refractivity contribution in [1.82, 2.24) is 5.32 Å². The highest BCUT2D eigenvalue weighted by Crippen LogP contribution is 2.21. The first-order valence-corrected chi connectivity index (χ1v) is 6.92. The van der Waals surface area contributed by atoms with E-state index in [9.17, 15) is 14.3 Å². The molecule has 19 heavy (non-hydrogen) atoms. The maximum atomic E-state index is 13.3. The summed E-state index contributed by atoms with van der Waals surface area (Å²) in [5.74, 6) is -0.777. The Hall–Kier alpha value is -0.940. The fraction of sp³-hybridized carbons (Fsp3) is 0.500. The highest BCUT2D eigenvalue weighted by molar-refractivity contribution is 9.10. The number of hydrogen-bond donors (Lipinski definition) is 2. The second-order valence-corrected chi connectivity index (χ2v) is 6.38. The molecule has 1 unspecified atom stereocenters. The lowest BCUT2D eigenvalue weighted by Crippen LogP contribution is -2.35. The molecule has 3 nitrogen and oxygen atoms in total. The lowest BCUT2D eigenvalue weighted by atomic mass is 9.87. The van der Waals surface area contributed by atoms with Crippen LogP contribution in [0.3, 0.4) is 0 Å². The normalized spacial score (nSPS) is 13.2. The van der Waals surface area contributed by atoms with E-state index in [0.29, 0.717) is 17.4 Å². The Morgan fingerprint density at radius 2 is 2.16 bits per heavy atom. The van der Waals surface area contributed by atoms with Gasteiger partial charge in [-0.05, 0) is 52.9 Å². The molecule has 106 valence electrons. The van der Waals surface area contributed by atoms with Gasteiger partial charge in [0.2, 0.25) is 0 Å². The zero-order chi connectivity index (χ0) is 14.6. The molecule has 0 aliphatic rings. The first-order chi connectivity index (χ1) is 8.71. The Morgan fingerprint density at radius 3 is 2.68 bits per heavy atom. The molecule has 0 heterocycles. The molecule has 1 aromatic rings. The number of nitrogens with one attached hydrogen (secondary N) is 1. The SMILES string of the molecule is CC(O)CC(C)(C)CNC(=O)c1ccc(Br)c(F)c1. The van der Waals surface area contributed by atoms with E-state index in [-0.39, 0.29) is 16.9 Å². The molecule has 1 atom stereocenters. The van der Waals surface area contributed by atoms with Crippen LogP contribution in [0.15, 0.2) is 22.7 Å². The summed E-state index contributed by atoms with van der Waals surface area (Å²) in [6.45, 7) is 6.06. The summed E-state index contributed by atoms with van der Waals surface area (Å²) >= 11 is 3.04. The smallest absolute Gasteiger partial charge is 0.251 e. The Morgan fingerprint density at radius 1 is 1.53 bits per heavy atom. The molecule has 1 rings (SSSR count). The first-order valence-electron chi connectivity index (χ1n) is 6.12. The van der Waals surface area contributed by atoms with Gasteiger partial charge in [-0.2, -0.15) is 0 Å². The number of carbonyl (C=O) groups excluding carboxylic acids is 1. The van der Waals surface area contributed by atoms with Gasteiger partial charge in [0.05, 0.1) is 10.6 Å². The van der Waals surface area contributed by atoms with Gasteiger partial charge in [0.1, 0.15) is 5.82 Å². The van der Waals surface area contributed by atoms with Gasteiger partial charge in [-0.15, -0.1) is 0 Å². The molecule has 0 aliphatic heterocycles. The summed E-state index contributed by atoms with van der Waals surface area (Å²) in [5.41, 5.74) is 0.0751. The van der Waals surface area contributed by atoms with E-state index in [4.69, 9.17) is 0 Å². The van der Waals surface area contributed by atoms with Crippen LogP contribution in [-0.2, 0) is 0 Å². The van der Waals surface area contributed by atoms with E-state index in [1.165, 1.54) is 12.1 Å². The minimum atomic E-state index is -0.462. The maximum Gasteiger partial charge on any atom is 0.251 e. The van der Waals surface area contributed by atoms with E-state index in [1.54, 1.807) is 13.0 Å². The van der Waals surface area contributed by atoms with Crippen LogP contribution in [0.1, 0.15) is 37.6 Å². The van der Waals surface area contributed by atoms with Crippen molar-refractivity contribution in [1.29, 1.82) is 0 Å². The van der Waals surface area contributed by atoms with Crippen molar-refractivity contribution in [2.75, 3.05) is 6.54 Å². The molecule has 1 amide bonds. The van der Waals surface area contributed by atoms with Crippen molar-refractivity contribution >= 4 is 21.8 Å². The number of amides is 1. The maximum absolute atomic E-state index is 13.3. The van der Waals surface area contributed by atoms with Crippen LogP contribution in [0.5, 0.6) is 0 Å². The van der Waals surface area contributed by atoms with Crippen molar-refractivity contribution in [3.63, 3.8) is 0 Å². The van der Waals surface area contributed by atoms with Crippen LogP contribution in [-0.4, -0.2) is 23.7 Å². The standard InChI is InChI=1S/C14H19BrFNO2/c1-9(18)7-14(2,3)8-17-13(19)10-4-5-11(15)12(16)6-10/h4-6,9,18H,7-8H2,1-3H3,(H,17,19). The second-order valence-electron chi connectivity index (χ2n) is 5.53. The molecule has 2 N–H and O–H groups in total. The van der Waals surface area contributed by atoms with Gasteiger partial charge in [0.15, 0.2) is 0 Å². The van der Waals surface area contributed by atoms with E-state index < -0.39 is 11.9 Å². The molecule has 1 aromatic carbocycles. The number of hydrogen-bond acceptors (Lipinski definition) is 2. The van der Waals surface area contributed by atoms with E-state index in [2.05, 4.69) is 21.2 Å². The summed E-state index contributed by atoms with van der Waals surface area (Å²) in [5, 5.41) is 12.1. The number of aliphatic hydroxyl groups is 1. The summed E-state index contributed by atoms with van der Waals surface area (Å²) < 4.78 is 13.7. The minimum absolute atomic E-state index is 0.211. The van der Waals surface area contributed by atoms with Gasteiger partial charge >= 0.3 is 0 Å². The van der Waals surface area contributed by atoms with Crippen molar-refractivity contribution < 1.29 is 14.3 Å². The van der Waals surface area contributed by atoms with Gasteiger partial charge in [0, 0.05) is 12.1 Å². The van der Waals surface area contributed by atoms with Crippen LogP contribution in [0.4, 0.5) is 4.39 Å². The number of benzene rings is 1. The molecule has 0 saturated carbocycles. The Labute approximate surface area is 121 Å². The molecule has 0 radical (unpaired) electrons. The van der Waals surface area contributed by atoms with Gasteiger partial charge in [0.25, 0.3) is 5.91 Å². The largest absolute Gasteiger partial charge is 0.393 e. The molecule has 0 aromatic heterocycles. The Bertz CT molecular complexity index is 461. The second kappa shape index (κ2) is 6.48. The Kier molecular flexibility index (Phi) is 5.50. The molecule has 0 spiro atoms. The molecule has 5 heteroatoms. The third-order valence-electron chi connectivity index (χ3n) is 2.76. The fourth-order valence-electron chi connectivity index (χ4n) is 1.93. The predicted molar refractivity (Wildman–Crippen MR) is 76.5 cm³/mol. The van der Waals surface area contributed by atoms with Crippen molar-refractivity contribution in [2.45, 2.75) is 33.3 Å². The number of aliphatic hydroxyl groups excluding tert-OH is 1. The van der Waals surface area contributed by atoms with E-state index >= 15 is 0 Å². The molecule has 0 fully saturated rings. The van der Waals surface area contributed by atoms with Crippen LogP contribution in [0.25, 0.3) is 0 Å². The number of halogens is 2. The molecular formula is C14H19BrFNO2. The summed E-state index contributed by atoms with van der Waals surface area (Å²) in [7, 11) is 0. The number of rotatable bonds is 5. The quantitative estimate of drug-likeness (QED) is 0.870. The average Bonchev–Trinajstić information content (AvgIpc) is 2.28. The zero-order valence-electron chi connectivity index (χ0n) is 11.3. The van der Waals surface area contributed by atoms with Crippen molar-refractivity contribution in [3.05, 3.63) is 34.1 Å². The summed E-state index contributed by atoms with van der Waals surface area (Å²) in [4.78, 5) is 11.9. The predicted octanol–water partition coefficient (Wildman–Crippen LogP) is 3.12. The zero-order valence-corrected chi connectivity index (χ0v) is 12.9. The molecule has 0 saturated heterocycles. The molecular weight excluding hydrogens is 313 g/mol. The van der Waals surface area contributed by atoms with Crippen LogP contribution in [0, 0.1) is 11.2 Å². The van der Waals surface area contributed by atoms with Crippen LogP contribution < -0.4 is 5.32 Å². The third-order valence-corrected chi connectivity index (χ3v) is 3.40. The Balaban J connectivity index is 2.62. The van der Waals surface area contributed by atoms with Crippen molar-refractivity contribution in [3.8, 4) is 0 Å². The van der Waals surface area contributed by atoms with E-state index in [0.717, 1.165) is 0 Å². The van der Waals surface area contributed by atoms with Gasteiger partial charge < -0.3 is 10.4 Å². The topological polar surface area (TPSA) is 49.3 Å². The first kappa shape index (κ1) is 16.1. The monoisotopic (exact) mass is 331 g/mol. The summed E-state index contributed by atoms with van der Waals surface area (Å²) in [6.07, 6.45) is 0.166. The molecule has 0 bridgehead atoms. The van der Waals surface area contributed by atoms with Crippen LogP contribution in [0.2, 0.25) is 0 Å². The highest BCUT2D eigenvalue weighted by Gasteiger charge is 2.21. The van der Waals surface area contributed by atoms with Crippen molar-refractivity contribution in [2.24, 2.45) is 5.41 Å².